The van der Waals surface area contributed by atoms with E-state index in [1.54, 1.807) is 30.5 Å². The molecular weight excluding hydrogens is 272 g/mol. The van der Waals surface area contributed by atoms with Gasteiger partial charge in [-0.2, -0.15) is 0 Å². The highest BCUT2D eigenvalue weighted by Crippen LogP contribution is 2.28. The number of carboxylic acids is 1. The van der Waals surface area contributed by atoms with E-state index in [0.717, 1.165) is 11.3 Å². The van der Waals surface area contributed by atoms with Crippen LogP contribution in [0.4, 0.5) is 0 Å². The van der Waals surface area contributed by atoms with Gasteiger partial charge in [0.2, 0.25) is 0 Å². The maximum atomic E-state index is 10.5. The summed E-state index contributed by atoms with van der Waals surface area (Å²) < 4.78 is 10.3. The molecule has 0 bridgehead atoms. The lowest BCUT2D eigenvalue weighted by molar-refractivity contribution is -0.139. The lowest BCUT2D eigenvalue weighted by atomic mass is 10.1. The fraction of sp³-hybridized carbons (Fsp3) is 0.133. The Morgan fingerprint density at radius 1 is 1.29 bits per heavy atom. The van der Waals surface area contributed by atoms with Gasteiger partial charge in [0.1, 0.15) is 6.33 Å². The fourth-order valence-electron chi connectivity index (χ4n) is 1.63. The van der Waals surface area contributed by atoms with Gasteiger partial charge in [-0.15, -0.1) is 0 Å². The average molecular weight is 286 g/mol. The first-order valence-corrected chi connectivity index (χ1v) is 6.16. The number of carbonyl (C=O) groups is 1. The average Bonchev–Trinajstić information content (AvgIpc) is 2.52. The molecule has 0 unspecified atom stereocenters. The number of hydrogen-bond donors (Lipinski definition) is 1. The summed E-state index contributed by atoms with van der Waals surface area (Å²) >= 11 is 0. The van der Waals surface area contributed by atoms with Gasteiger partial charge in [0.15, 0.2) is 18.1 Å². The Hall–Kier alpha value is -2.89. The summed E-state index contributed by atoms with van der Waals surface area (Å²) in [5.74, 6) is -0.176. The van der Waals surface area contributed by atoms with Gasteiger partial charge in [0.05, 0.1) is 12.8 Å². The van der Waals surface area contributed by atoms with Crippen LogP contribution >= 0.6 is 0 Å². The van der Waals surface area contributed by atoms with E-state index in [4.69, 9.17) is 14.6 Å². The standard InChI is InChI=1S/C15H14N2O4/c1-20-14-8-11(2-4-12-6-7-16-10-17-12)3-5-13(14)21-9-15(18)19/h2-8,10H,9H2,1H3,(H,18,19)/b4-2+. The van der Waals surface area contributed by atoms with Crippen molar-refractivity contribution in [3.63, 3.8) is 0 Å². The Labute approximate surface area is 121 Å². The second-order valence-corrected chi connectivity index (χ2v) is 4.06. The minimum absolute atomic E-state index is 0.388. The van der Waals surface area contributed by atoms with E-state index in [9.17, 15) is 4.79 Å². The van der Waals surface area contributed by atoms with Crippen molar-refractivity contribution in [1.29, 1.82) is 0 Å². The van der Waals surface area contributed by atoms with Crippen molar-refractivity contribution >= 4 is 18.1 Å². The van der Waals surface area contributed by atoms with Crippen LogP contribution < -0.4 is 9.47 Å². The number of hydrogen-bond acceptors (Lipinski definition) is 5. The van der Waals surface area contributed by atoms with Crippen molar-refractivity contribution in [3.8, 4) is 11.5 Å². The molecule has 108 valence electrons. The van der Waals surface area contributed by atoms with E-state index < -0.39 is 12.6 Å². The van der Waals surface area contributed by atoms with Gasteiger partial charge in [0.25, 0.3) is 0 Å². The Bertz CT molecular complexity index is 641. The minimum Gasteiger partial charge on any atom is -0.493 e. The van der Waals surface area contributed by atoms with E-state index in [1.807, 2.05) is 12.2 Å². The van der Waals surface area contributed by atoms with Gasteiger partial charge in [-0.05, 0) is 29.8 Å². The molecule has 1 heterocycles. The number of benzene rings is 1. The molecule has 0 atom stereocenters. The Kier molecular flexibility index (Phi) is 4.87. The first kappa shape index (κ1) is 14.5. The summed E-state index contributed by atoms with van der Waals surface area (Å²) in [4.78, 5) is 18.4. The highest BCUT2D eigenvalue weighted by atomic mass is 16.5. The van der Waals surface area contributed by atoms with Crippen LogP contribution in [-0.2, 0) is 4.79 Å². The zero-order valence-corrected chi connectivity index (χ0v) is 11.4. The summed E-state index contributed by atoms with van der Waals surface area (Å²) in [5, 5.41) is 8.61. The number of carboxylic acid groups (broad SMARTS) is 1. The fourth-order valence-corrected chi connectivity index (χ4v) is 1.63. The molecule has 2 aromatic rings. The second-order valence-electron chi connectivity index (χ2n) is 4.06. The van der Waals surface area contributed by atoms with Crippen molar-refractivity contribution < 1.29 is 19.4 Å². The van der Waals surface area contributed by atoms with Gasteiger partial charge >= 0.3 is 5.97 Å². The monoisotopic (exact) mass is 286 g/mol. The van der Waals surface area contributed by atoms with Crippen LogP contribution in [0.2, 0.25) is 0 Å². The molecule has 0 spiro atoms. The quantitative estimate of drug-likeness (QED) is 0.876. The van der Waals surface area contributed by atoms with E-state index in [1.165, 1.54) is 13.4 Å². The highest BCUT2D eigenvalue weighted by Gasteiger charge is 2.06. The Morgan fingerprint density at radius 3 is 2.81 bits per heavy atom. The van der Waals surface area contributed by atoms with E-state index in [-0.39, 0.29) is 0 Å². The maximum absolute atomic E-state index is 10.5. The number of aliphatic carboxylic acids is 1. The zero-order chi connectivity index (χ0) is 15.1. The van der Waals surface area contributed by atoms with Gasteiger partial charge in [-0.1, -0.05) is 12.1 Å². The van der Waals surface area contributed by atoms with Crippen LogP contribution in [0.3, 0.4) is 0 Å². The number of aromatic nitrogens is 2. The third-order valence-electron chi connectivity index (χ3n) is 2.59. The third kappa shape index (κ3) is 4.31. The number of ether oxygens (including phenoxy) is 2. The predicted molar refractivity (Wildman–Crippen MR) is 77.1 cm³/mol. The molecule has 0 radical (unpaired) electrons. The minimum atomic E-state index is -1.04. The maximum Gasteiger partial charge on any atom is 0.341 e. The predicted octanol–water partition coefficient (Wildman–Crippen LogP) is 2.12. The number of rotatable bonds is 6. The van der Waals surface area contributed by atoms with Crippen molar-refractivity contribution in [1.82, 2.24) is 9.97 Å². The zero-order valence-electron chi connectivity index (χ0n) is 11.4. The van der Waals surface area contributed by atoms with Gasteiger partial charge in [-0.3, -0.25) is 0 Å². The summed E-state index contributed by atoms with van der Waals surface area (Å²) in [6, 6.07) is 7.02. The van der Waals surface area contributed by atoms with Crippen LogP contribution in [0.1, 0.15) is 11.3 Å². The third-order valence-corrected chi connectivity index (χ3v) is 2.59. The number of methoxy groups -OCH3 is 1. The van der Waals surface area contributed by atoms with Crippen LogP contribution in [-0.4, -0.2) is 34.8 Å². The first-order chi connectivity index (χ1) is 10.2. The highest BCUT2D eigenvalue weighted by molar-refractivity contribution is 5.70. The molecule has 21 heavy (non-hydrogen) atoms. The molecule has 0 saturated carbocycles. The molecule has 1 aromatic heterocycles. The summed E-state index contributed by atoms with van der Waals surface area (Å²) in [6.07, 6.45) is 6.85. The Balaban J connectivity index is 2.15. The summed E-state index contributed by atoms with van der Waals surface area (Å²) in [6.45, 7) is -0.410. The molecule has 0 aliphatic heterocycles. The SMILES string of the molecule is COc1cc(/C=C/c2ccncn2)ccc1OCC(=O)O. The molecule has 6 heteroatoms. The molecule has 1 N–H and O–H groups in total. The summed E-state index contributed by atoms with van der Waals surface area (Å²) in [7, 11) is 1.50. The van der Waals surface area contributed by atoms with Gasteiger partial charge < -0.3 is 14.6 Å². The van der Waals surface area contributed by atoms with Crippen LogP contribution in [0.25, 0.3) is 12.2 Å². The molecule has 0 saturated heterocycles. The van der Waals surface area contributed by atoms with Crippen molar-refractivity contribution in [2.24, 2.45) is 0 Å². The first-order valence-electron chi connectivity index (χ1n) is 6.16. The normalized spacial score (nSPS) is 10.5. The molecular formula is C15H14N2O4. The smallest absolute Gasteiger partial charge is 0.341 e. The molecule has 0 aliphatic rings. The molecule has 0 fully saturated rings. The molecule has 6 nitrogen and oxygen atoms in total. The van der Waals surface area contributed by atoms with Gasteiger partial charge in [0, 0.05) is 6.20 Å². The van der Waals surface area contributed by atoms with E-state index in [2.05, 4.69) is 9.97 Å². The largest absolute Gasteiger partial charge is 0.493 e. The van der Waals surface area contributed by atoms with Crippen molar-refractivity contribution in [2.75, 3.05) is 13.7 Å². The lowest BCUT2D eigenvalue weighted by Crippen LogP contribution is -2.10. The van der Waals surface area contributed by atoms with Crippen LogP contribution in [0.15, 0.2) is 36.8 Å². The topological polar surface area (TPSA) is 81.5 Å². The van der Waals surface area contributed by atoms with Gasteiger partial charge in [-0.25, -0.2) is 14.8 Å². The van der Waals surface area contributed by atoms with Crippen LogP contribution in [0, 0.1) is 0 Å². The summed E-state index contributed by atoms with van der Waals surface area (Å²) in [5.41, 5.74) is 1.67. The molecule has 2 rings (SSSR count). The van der Waals surface area contributed by atoms with Crippen molar-refractivity contribution in [2.45, 2.75) is 0 Å². The van der Waals surface area contributed by atoms with E-state index in [0.29, 0.717) is 11.5 Å². The second kappa shape index (κ2) is 7.04. The van der Waals surface area contributed by atoms with E-state index >= 15 is 0 Å². The molecule has 1 aromatic carbocycles. The lowest BCUT2D eigenvalue weighted by Gasteiger charge is -2.09. The van der Waals surface area contributed by atoms with Crippen molar-refractivity contribution in [3.05, 3.63) is 48.0 Å². The van der Waals surface area contributed by atoms with Crippen LogP contribution in [0.5, 0.6) is 11.5 Å². The Morgan fingerprint density at radius 2 is 2.14 bits per heavy atom. The number of nitrogens with zero attached hydrogens (tertiary/aromatic N) is 2. The molecule has 0 aliphatic carbocycles. The molecule has 0 amide bonds.